The molecule has 0 unspecified atom stereocenters. The smallest absolute Gasteiger partial charge is 0.257 e. The zero-order valence-electron chi connectivity index (χ0n) is 12.7. The Labute approximate surface area is 134 Å². The number of nitrogens with two attached hydrogens (primary N) is 1. The van der Waals surface area contributed by atoms with Crippen molar-refractivity contribution >= 4 is 11.8 Å². The van der Waals surface area contributed by atoms with Gasteiger partial charge in [0.1, 0.15) is 12.3 Å². The molecule has 2 heterocycles. The lowest BCUT2D eigenvalue weighted by molar-refractivity contribution is -0.124. The van der Waals surface area contributed by atoms with Crippen LogP contribution in [0.15, 0.2) is 53.3 Å². The second-order valence-corrected chi connectivity index (χ2v) is 5.56. The number of hydrogen-bond donors (Lipinski definition) is 1. The van der Waals surface area contributed by atoms with Gasteiger partial charge in [-0.25, -0.2) is 0 Å². The van der Waals surface area contributed by atoms with E-state index in [1.165, 1.54) is 12.5 Å². The van der Waals surface area contributed by atoms with Gasteiger partial charge in [-0.15, -0.1) is 0 Å². The van der Waals surface area contributed by atoms with Gasteiger partial charge >= 0.3 is 0 Å². The van der Waals surface area contributed by atoms with E-state index in [9.17, 15) is 9.59 Å². The molecule has 6 heteroatoms. The summed E-state index contributed by atoms with van der Waals surface area (Å²) in [7, 11) is 0. The molecule has 3 rings (SSSR count). The molecule has 1 atom stereocenters. The number of nitrogens with zero attached hydrogens (tertiary/aromatic N) is 2. The Hall–Kier alpha value is -2.60. The van der Waals surface area contributed by atoms with Crippen molar-refractivity contribution in [2.45, 2.75) is 6.04 Å². The molecule has 0 aliphatic carbocycles. The van der Waals surface area contributed by atoms with Crippen molar-refractivity contribution < 1.29 is 14.0 Å². The maximum atomic E-state index is 12.3. The summed E-state index contributed by atoms with van der Waals surface area (Å²) in [5, 5.41) is 0. The van der Waals surface area contributed by atoms with Crippen molar-refractivity contribution in [3.8, 4) is 0 Å². The van der Waals surface area contributed by atoms with Gasteiger partial charge in [-0.05, 0) is 11.6 Å². The summed E-state index contributed by atoms with van der Waals surface area (Å²) in [6, 6.07) is 10.7. The lowest BCUT2D eigenvalue weighted by Crippen LogP contribution is -2.51. The van der Waals surface area contributed by atoms with Crippen LogP contribution in [0, 0.1) is 0 Å². The number of amides is 2. The van der Waals surface area contributed by atoms with Gasteiger partial charge in [-0.2, -0.15) is 0 Å². The molecule has 1 saturated heterocycles. The van der Waals surface area contributed by atoms with E-state index in [2.05, 4.69) is 0 Å². The normalized spacial score (nSPS) is 17.0. The fourth-order valence-corrected chi connectivity index (χ4v) is 2.94. The summed E-state index contributed by atoms with van der Waals surface area (Å²) < 4.78 is 4.96. The number of furan rings is 1. The highest BCUT2D eigenvalue weighted by molar-refractivity contribution is 5.93. The molecule has 1 fully saturated rings. The van der Waals surface area contributed by atoms with E-state index in [-0.39, 0.29) is 11.8 Å². The Morgan fingerprint density at radius 3 is 2.30 bits per heavy atom. The van der Waals surface area contributed by atoms with Crippen LogP contribution in [0.1, 0.15) is 22.0 Å². The molecule has 0 saturated carbocycles. The molecule has 1 aromatic heterocycles. The van der Waals surface area contributed by atoms with Gasteiger partial charge in [0.15, 0.2) is 0 Å². The van der Waals surface area contributed by atoms with E-state index in [1.54, 1.807) is 11.0 Å². The topological polar surface area (TPSA) is 79.8 Å². The molecule has 2 amide bonds. The molecular weight excluding hydrogens is 294 g/mol. The number of primary amides is 1. The number of hydrogen-bond acceptors (Lipinski definition) is 4. The molecule has 2 aromatic rings. The first-order valence-corrected chi connectivity index (χ1v) is 7.56. The van der Waals surface area contributed by atoms with Crippen molar-refractivity contribution in [2.24, 2.45) is 5.73 Å². The zero-order chi connectivity index (χ0) is 16.2. The molecule has 1 aliphatic heterocycles. The van der Waals surface area contributed by atoms with Gasteiger partial charge in [0.25, 0.3) is 5.91 Å². The van der Waals surface area contributed by atoms with Crippen LogP contribution < -0.4 is 5.73 Å². The average molecular weight is 313 g/mol. The van der Waals surface area contributed by atoms with Crippen LogP contribution in [-0.4, -0.2) is 47.8 Å². The third-order valence-corrected chi connectivity index (χ3v) is 4.12. The first-order valence-electron chi connectivity index (χ1n) is 7.56. The van der Waals surface area contributed by atoms with Crippen molar-refractivity contribution in [3.63, 3.8) is 0 Å². The van der Waals surface area contributed by atoms with Crippen LogP contribution >= 0.6 is 0 Å². The lowest BCUT2D eigenvalue weighted by atomic mass is 10.0. The Bertz CT molecular complexity index is 662. The Morgan fingerprint density at radius 2 is 1.74 bits per heavy atom. The first-order chi connectivity index (χ1) is 11.2. The van der Waals surface area contributed by atoms with E-state index in [0.717, 1.165) is 5.56 Å². The van der Waals surface area contributed by atoms with E-state index in [0.29, 0.717) is 31.7 Å². The number of rotatable bonds is 4. The van der Waals surface area contributed by atoms with Crippen LogP contribution in [0.5, 0.6) is 0 Å². The third kappa shape index (κ3) is 3.27. The SMILES string of the molecule is NC(=O)[C@H](c1ccccc1)N1CCN(C(=O)c2ccoc2)CC1. The van der Waals surface area contributed by atoms with Crippen LogP contribution in [0.4, 0.5) is 0 Å². The Kier molecular flexibility index (Phi) is 4.43. The highest BCUT2D eigenvalue weighted by Crippen LogP contribution is 2.22. The molecule has 23 heavy (non-hydrogen) atoms. The lowest BCUT2D eigenvalue weighted by Gasteiger charge is -2.38. The van der Waals surface area contributed by atoms with Gasteiger partial charge in [0.05, 0.1) is 11.8 Å². The quantitative estimate of drug-likeness (QED) is 0.921. The third-order valence-electron chi connectivity index (χ3n) is 4.12. The van der Waals surface area contributed by atoms with E-state index < -0.39 is 6.04 Å². The minimum atomic E-state index is -0.456. The Morgan fingerprint density at radius 1 is 1.04 bits per heavy atom. The minimum absolute atomic E-state index is 0.0475. The largest absolute Gasteiger partial charge is 0.472 e. The molecule has 0 bridgehead atoms. The second kappa shape index (κ2) is 6.66. The average Bonchev–Trinajstić information content (AvgIpc) is 3.10. The number of piperazine rings is 1. The summed E-state index contributed by atoms with van der Waals surface area (Å²) in [6.07, 6.45) is 2.94. The highest BCUT2D eigenvalue weighted by Gasteiger charge is 2.30. The fraction of sp³-hybridized carbons (Fsp3) is 0.294. The van der Waals surface area contributed by atoms with E-state index >= 15 is 0 Å². The molecular formula is C17H19N3O3. The van der Waals surface area contributed by atoms with Crippen LogP contribution in [0.25, 0.3) is 0 Å². The molecule has 0 spiro atoms. The first kappa shape index (κ1) is 15.3. The summed E-state index contributed by atoms with van der Waals surface area (Å²) in [4.78, 5) is 28.0. The molecule has 0 radical (unpaired) electrons. The summed E-state index contributed by atoms with van der Waals surface area (Å²) >= 11 is 0. The van der Waals surface area contributed by atoms with E-state index in [1.807, 2.05) is 35.2 Å². The molecule has 6 nitrogen and oxygen atoms in total. The highest BCUT2D eigenvalue weighted by atomic mass is 16.3. The van der Waals surface area contributed by atoms with Crippen LogP contribution in [-0.2, 0) is 4.79 Å². The maximum Gasteiger partial charge on any atom is 0.257 e. The summed E-state index contributed by atoms with van der Waals surface area (Å²) in [6.45, 7) is 2.32. The number of carbonyl (C=O) groups is 2. The van der Waals surface area contributed by atoms with Crippen molar-refractivity contribution in [2.75, 3.05) is 26.2 Å². The molecule has 120 valence electrons. The molecule has 1 aromatic carbocycles. The molecule has 2 N–H and O–H groups in total. The van der Waals surface area contributed by atoms with Gasteiger partial charge < -0.3 is 15.1 Å². The second-order valence-electron chi connectivity index (χ2n) is 5.56. The predicted molar refractivity (Wildman–Crippen MR) is 84.6 cm³/mol. The van der Waals surface area contributed by atoms with Crippen LogP contribution in [0.2, 0.25) is 0 Å². The van der Waals surface area contributed by atoms with E-state index in [4.69, 9.17) is 10.2 Å². The Balaban J connectivity index is 1.67. The summed E-state index contributed by atoms with van der Waals surface area (Å²) in [5.41, 5.74) is 7.03. The number of benzene rings is 1. The van der Waals surface area contributed by atoms with Gasteiger partial charge in [-0.1, -0.05) is 30.3 Å². The molecule has 1 aliphatic rings. The van der Waals surface area contributed by atoms with Gasteiger partial charge in [0, 0.05) is 26.2 Å². The van der Waals surface area contributed by atoms with Crippen molar-refractivity contribution in [1.29, 1.82) is 0 Å². The van der Waals surface area contributed by atoms with Gasteiger partial charge in [0.2, 0.25) is 5.91 Å². The minimum Gasteiger partial charge on any atom is -0.472 e. The monoisotopic (exact) mass is 313 g/mol. The summed E-state index contributed by atoms with van der Waals surface area (Å²) in [5.74, 6) is -0.417. The van der Waals surface area contributed by atoms with Crippen LogP contribution in [0.3, 0.4) is 0 Å². The van der Waals surface area contributed by atoms with Crippen molar-refractivity contribution in [3.05, 3.63) is 60.1 Å². The fourth-order valence-electron chi connectivity index (χ4n) is 2.94. The zero-order valence-corrected chi connectivity index (χ0v) is 12.7. The number of carbonyl (C=O) groups excluding carboxylic acids is 2. The standard InChI is InChI=1S/C17H19N3O3/c18-16(21)15(13-4-2-1-3-5-13)19-7-9-20(10-8-19)17(22)14-6-11-23-12-14/h1-6,11-12,15H,7-10H2,(H2,18,21)/t15-/m0/s1. The predicted octanol–water partition coefficient (Wildman–Crippen LogP) is 1.26. The van der Waals surface area contributed by atoms with Gasteiger partial charge in [-0.3, -0.25) is 14.5 Å². The maximum absolute atomic E-state index is 12.3. The van der Waals surface area contributed by atoms with Crippen molar-refractivity contribution in [1.82, 2.24) is 9.80 Å².